The van der Waals surface area contributed by atoms with Gasteiger partial charge in [0.05, 0.1) is 11.6 Å². The van der Waals surface area contributed by atoms with Crippen LogP contribution in [0.2, 0.25) is 0 Å². The van der Waals surface area contributed by atoms with Gasteiger partial charge in [0.2, 0.25) is 5.91 Å². The molecule has 5 heteroatoms. The Morgan fingerprint density at radius 1 is 1.21 bits per heavy atom. The standard InChI is InChI=1S/C19H22N4O/c1-20-18-11-14-12-23(10-9-17(14)21-22-18)19(24)16-8-4-6-13-5-2-3-7-15(13)16/h2-3,5,7,11,16H,4,6,8-10,12H2,1H3,(H,20,22)/t16-/m1/s1. The Kier molecular flexibility index (Phi) is 3.92. The highest BCUT2D eigenvalue weighted by Gasteiger charge is 2.31. The maximum absolute atomic E-state index is 13.2. The number of amides is 1. The Bertz CT molecular complexity index is 774. The maximum atomic E-state index is 13.2. The number of anilines is 1. The van der Waals surface area contributed by atoms with Crippen LogP contribution >= 0.6 is 0 Å². The normalized spacial score (nSPS) is 19.4. The molecule has 0 bridgehead atoms. The zero-order valence-electron chi connectivity index (χ0n) is 14.0. The smallest absolute Gasteiger partial charge is 0.230 e. The van der Waals surface area contributed by atoms with Crippen LogP contribution in [0.1, 0.15) is 41.1 Å². The van der Waals surface area contributed by atoms with Crippen molar-refractivity contribution in [2.24, 2.45) is 0 Å². The molecule has 0 radical (unpaired) electrons. The lowest BCUT2D eigenvalue weighted by Crippen LogP contribution is -2.40. The second-order valence-corrected chi connectivity index (χ2v) is 6.60. The van der Waals surface area contributed by atoms with Gasteiger partial charge < -0.3 is 10.2 Å². The zero-order valence-corrected chi connectivity index (χ0v) is 14.0. The Balaban J connectivity index is 1.58. The Morgan fingerprint density at radius 2 is 2.08 bits per heavy atom. The lowest BCUT2D eigenvalue weighted by molar-refractivity contribution is -0.134. The van der Waals surface area contributed by atoms with Crippen LogP contribution in [0.25, 0.3) is 0 Å². The van der Waals surface area contributed by atoms with E-state index in [0.717, 1.165) is 49.3 Å². The minimum Gasteiger partial charge on any atom is -0.372 e. The monoisotopic (exact) mass is 322 g/mol. The average molecular weight is 322 g/mol. The van der Waals surface area contributed by atoms with Gasteiger partial charge >= 0.3 is 0 Å². The van der Waals surface area contributed by atoms with Crippen LogP contribution in [-0.2, 0) is 24.2 Å². The van der Waals surface area contributed by atoms with Crippen molar-refractivity contribution in [2.45, 2.75) is 38.1 Å². The molecule has 1 N–H and O–H groups in total. The summed E-state index contributed by atoms with van der Waals surface area (Å²) in [4.78, 5) is 15.2. The van der Waals surface area contributed by atoms with Gasteiger partial charge in [-0.3, -0.25) is 4.79 Å². The Hall–Kier alpha value is -2.43. The van der Waals surface area contributed by atoms with Crippen molar-refractivity contribution in [3.63, 3.8) is 0 Å². The first-order chi connectivity index (χ1) is 11.8. The van der Waals surface area contributed by atoms with E-state index in [1.165, 1.54) is 11.1 Å². The number of rotatable bonds is 2. The van der Waals surface area contributed by atoms with Gasteiger partial charge in [0.1, 0.15) is 5.82 Å². The number of benzene rings is 1. The lowest BCUT2D eigenvalue weighted by atomic mass is 9.82. The number of hydrogen-bond donors (Lipinski definition) is 1. The van der Waals surface area contributed by atoms with Crippen LogP contribution in [0.5, 0.6) is 0 Å². The van der Waals surface area contributed by atoms with E-state index in [4.69, 9.17) is 0 Å². The van der Waals surface area contributed by atoms with Crippen LogP contribution < -0.4 is 5.32 Å². The molecule has 1 amide bonds. The summed E-state index contributed by atoms with van der Waals surface area (Å²) in [6.45, 7) is 1.37. The fraction of sp³-hybridized carbons (Fsp3) is 0.421. The van der Waals surface area contributed by atoms with Crippen molar-refractivity contribution in [1.29, 1.82) is 0 Å². The Morgan fingerprint density at radius 3 is 2.96 bits per heavy atom. The molecule has 0 fully saturated rings. The summed E-state index contributed by atoms with van der Waals surface area (Å²) in [5.74, 6) is 1.02. The van der Waals surface area contributed by atoms with E-state index in [-0.39, 0.29) is 11.8 Å². The molecule has 1 aromatic carbocycles. The Labute approximate surface area is 142 Å². The number of aromatic nitrogens is 2. The van der Waals surface area contributed by atoms with Crippen molar-refractivity contribution >= 4 is 11.7 Å². The van der Waals surface area contributed by atoms with Gasteiger partial charge in [-0.2, -0.15) is 5.10 Å². The summed E-state index contributed by atoms with van der Waals surface area (Å²) < 4.78 is 0. The van der Waals surface area contributed by atoms with Gasteiger partial charge in [0, 0.05) is 26.6 Å². The molecule has 1 aromatic heterocycles. The molecule has 5 nitrogen and oxygen atoms in total. The molecule has 0 saturated carbocycles. The van der Waals surface area contributed by atoms with E-state index in [1.807, 2.05) is 24.1 Å². The number of nitrogens with one attached hydrogen (secondary N) is 1. The molecule has 1 aliphatic heterocycles. The number of hydrogen-bond acceptors (Lipinski definition) is 4. The molecule has 1 aliphatic carbocycles. The first kappa shape index (κ1) is 15.1. The second-order valence-electron chi connectivity index (χ2n) is 6.60. The van der Waals surface area contributed by atoms with Crippen LogP contribution in [-0.4, -0.2) is 34.6 Å². The molecule has 1 atom stereocenters. The molecule has 4 rings (SSSR count). The predicted molar refractivity (Wildman–Crippen MR) is 92.8 cm³/mol. The molecule has 0 saturated heterocycles. The summed E-state index contributed by atoms with van der Waals surface area (Å²) in [7, 11) is 1.83. The summed E-state index contributed by atoms with van der Waals surface area (Å²) >= 11 is 0. The maximum Gasteiger partial charge on any atom is 0.230 e. The molecule has 2 aliphatic rings. The summed E-state index contributed by atoms with van der Waals surface area (Å²) in [5, 5.41) is 11.4. The fourth-order valence-electron chi connectivity index (χ4n) is 3.87. The van der Waals surface area contributed by atoms with Crippen LogP contribution in [0.3, 0.4) is 0 Å². The third-order valence-corrected chi connectivity index (χ3v) is 5.18. The van der Waals surface area contributed by atoms with Crippen LogP contribution in [0.15, 0.2) is 30.3 Å². The number of fused-ring (bicyclic) bond motifs is 2. The van der Waals surface area contributed by atoms with Gasteiger partial charge in [-0.15, -0.1) is 5.10 Å². The number of carbonyl (C=O) groups excluding carboxylic acids is 1. The van der Waals surface area contributed by atoms with Gasteiger partial charge in [-0.05, 0) is 42.0 Å². The molecule has 124 valence electrons. The van der Waals surface area contributed by atoms with E-state index in [1.54, 1.807) is 0 Å². The summed E-state index contributed by atoms with van der Waals surface area (Å²) in [6, 6.07) is 10.4. The van der Waals surface area contributed by atoms with Crippen molar-refractivity contribution in [2.75, 3.05) is 18.9 Å². The minimum atomic E-state index is 0.00932. The molecule has 2 aromatic rings. The topological polar surface area (TPSA) is 58.1 Å². The van der Waals surface area contributed by atoms with E-state index in [0.29, 0.717) is 6.54 Å². The van der Waals surface area contributed by atoms with Crippen molar-refractivity contribution in [1.82, 2.24) is 15.1 Å². The molecule has 0 unspecified atom stereocenters. The molecule has 24 heavy (non-hydrogen) atoms. The van der Waals surface area contributed by atoms with E-state index < -0.39 is 0 Å². The molecular weight excluding hydrogens is 300 g/mol. The van der Waals surface area contributed by atoms with Crippen LogP contribution in [0, 0.1) is 0 Å². The first-order valence-electron chi connectivity index (χ1n) is 8.66. The van der Waals surface area contributed by atoms with Crippen molar-refractivity contribution in [3.8, 4) is 0 Å². The zero-order chi connectivity index (χ0) is 16.5. The molecule has 2 heterocycles. The van der Waals surface area contributed by atoms with Crippen molar-refractivity contribution < 1.29 is 4.79 Å². The summed E-state index contributed by atoms with van der Waals surface area (Å²) in [5.41, 5.74) is 4.69. The summed E-state index contributed by atoms with van der Waals surface area (Å²) in [6.07, 6.45) is 3.92. The lowest BCUT2D eigenvalue weighted by Gasteiger charge is -2.33. The third-order valence-electron chi connectivity index (χ3n) is 5.18. The van der Waals surface area contributed by atoms with E-state index in [9.17, 15) is 4.79 Å². The highest BCUT2D eigenvalue weighted by atomic mass is 16.2. The van der Waals surface area contributed by atoms with Gasteiger partial charge in [-0.1, -0.05) is 24.3 Å². The second kappa shape index (κ2) is 6.23. The van der Waals surface area contributed by atoms with Crippen LogP contribution in [0.4, 0.5) is 5.82 Å². The number of aryl methyl sites for hydroxylation is 1. The van der Waals surface area contributed by atoms with Gasteiger partial charge in [0.15, 0.2) is 0 Å². The van der Waals surface area contributed by atoms with E-state index >= 15 is 0 Å². The quantitative estimate of drug-likeness (QED) is 0.923. The van der Waals surface area contributed by atoms with Gasteiger partial charge in [-0.25, -0.2) is 0 Å². The highest BCUT2D eigenvalue weighted by Crippen LogP contribution is 2.34. The predicted octanol–water partition coefficient (Wildman–Crippen LogP) is 2.52. The van der Waals surface area contributed by atoms with Crippen molar-refractivity contribution in [3.05, 3.63) is 52.7 Å². The minimum absolute atomic E-state index is 0.00932. The molecule has 0 spiro atoms. The number of nitrogens with zero attached hydrogens (tertiary/aromatic N) is 3. The average Bonchev–Trinajstić information content (AvgIpc) is 2.66. The SMILES string of the molecule is CNc1cc2c(nn1)CCN(C(=O)[C@@H]1CCCc3ccccc31)C2. The van der Waals surface area contributed by atoms with Gasteiger partial charge in [0.25, 0.3) is 0 Å². The highest BCUT2D eigenvalue weighted by molar-refractivity contribution is 5.84. The largest absolute Gasteiger partial charge is 0.372 e. The molecular formula is C19H22N4O. The third kappa shape index (κ3) is 2.64. The first-order valence-corrected chi connectivity index (χ1v) is 8.66. The fourth-order valence-corrected chi connectivity index (χ4v) is 3.87. The van der Waals surface area contributed by atoms with E-state index in [2.05, 4.69) is 33.7 Å². The number of carbonyl (C=O) groups is 1.